The molecule has 3 fully saturated rings. The Labute approximate surface area is 194 Å². The van der Waals surface area contributed by atoms with Crippen molar-refractivity contribution in [3.05, 3.63) is 22.3 Å². The van der Waals surface area contributed by atoms with Crippen molar-refractivity contribution in [2.24, 2.45) is 51.5 Å². The summed E-state index contributed by atoms with van der Waals surface area (Å²) in [5, 5.41) is 3.91. The Balaban J connectivity index is 1.56. The fourth-order valence-electron chi connectivity index (χ4n) is 8.44. The molecule has 4 rings (SSSR count). The molecule has 1 saturated heterocycles. The first-order valence-corrected chi connectivity index (χ1v) is 13.2. The molecule has 0 N–H and O–H groups in total. The lowest BCUT2D eigenvalue weighted by atomic mass is 9.50. The van der Waals surface area contributed by atoms with Crippen LogP contribution >= 0.6 is 0 Å². The maximum atomic E-state index is 12.9. The Morgan fingerprint density at radius 1 is 1.12 bits per heavy atom. The Morgan fingerprint density at radius 2 is 1.91 bits per heavy atom. The van der Waals surface area contributed by atoms with Crippen molar-refractivity contribution >= 4 is 5.97 Å². The number of carbonyl (C=O) groups is 1. The van der Waals surface area contributed by atoms with Crippen LogP contribution in [0.3, 0.4) is 0 Å². The molecule has 3 aliphatic carbocycles. The minimum atomic E-state index is -0.191. The zero-order valence-corrected chi connectivity index (χ0v) is 20.8. The van der Waals surface area contributed by atoms with Crippen molar-refractivity contribution in [3.8, 4) is 0 Å². The smallest absolute Gasteiger partial charge is 0.311 e. The van der Waals surface area contributed by atoms with Gasteiger partial charge in [0.25, 0.3) is 0 Å². The van der Waals surface area contributed by atoms with Crippen molar-refractivity contribution in [1.82, 2.24) is 0 Å². The monoisotopic (exact) mass is 441 g/mol. The Hall–Kier alpha value is -1.48. The molecule has 5 nitrogen and oxygen atoms in total. The van der Waals surface area contributed by atoms with Crippen molar-refractivity contribution in [3.63, 3.8) is 0 Å². The average Bonchev–Trinajstić information content (AvgIpc) is 3.03. The van der Waals surface area contributed by atoms with Crippen molar-refractivity contribution in [2.45, 2.75) is 105 Å². The molecule has 0 spiro atoms. The molecule has 32 heavy (non-hydrogen) atoms. The first kappa shape index (κ1) is 23.7. The largest absolute Gasteiger partial charge is 0.431 e. The second-order valence-electron chi connectivity index (χ2n) is 12.3. The fourth-order valence-corrected chi connectivity index (χ4v) is 8.44. The molecular weight excluding hydrogens is 398 g/mol. The fraction of sp³-hybridized carbons (Fsp3) is 0.889. The molecular formula is C27H43N3O2. The number of azide groups is 1. The maximum Gasteiger partial charge on any atom is 0.311 e. The van der Waals surface area contributed by atoms with Gasteiger partial charge in [-0.1, -0.05) is 59.0 Å². The van der Waals surface area contributed by atoms with Gasteiger partial charge in [-0.05, 0) is 91.1 Å². The quantitative estimate of drug-likeness (QED) is 0.182. The van der Waals surface area contributed by atoms with Gasteiger partial charge < -0.3 is 4.74 Å². The van der Waals surface area contributed by atoms with Gasteiger partial charge in [0.2, 0.25) is 0 Å². The first-order valence-electron chi connectivity index (χ1n) is 13.2. The summed E-state index contributed by atoms with van der Waals surface area (Å²) in [5.41, 5.74) is 9.12. The summed E-state index contributed by atoms with van der Waals surface area (Å²) < 4.78 is 5.96. The Bertz CT molecular complexity index is 801. The number of rotatable bonds is 6. The van der Waals surface area contributed by atoms with Crippen LogP contribution in [0, 0.1) is 46.3 Å². The van der Waals surface area contributed by atoms with Gasteiger partial charge in [-0.3, -0.25) is 4.79 Å². The van der Waals surface area contributed by atoms with E-state index in [0.717, 1.165) is 36.4 Å². The SMILES string of the molecule is CC(C)CCCC(C)[C@H]1CC[C@H]2[C@@H]3CC(=O)OC4=C[C@H](N=[N+]=[N-])CC[C@]4(C)[C@H]3CC[C@]12C. The second-order valence-corrected chi connectivity index (χ2v) is 12.3. The van der Waals surface area contributed by atoms with Crippen molar-refractivity contribution < 1.29 is 9.53 Å². The van der Waals surface area contributed by atoms with Crippen molar-refractivity contribution in [1.29, 1.82) is 0 Å². The number of nitrogens with zero attached hydrogens (tertiary/aromatic N) is 3. The van der Waals surface area contributed by atoms with Gasteiger partial charge in [-0.25, -0.2) is 0 Å². The Kier molecular flexibility index (Phi) is 6.69. The van der Waals surface area contributed by atoms with E-state index in [1.54, 1.807) is 0 Å². The highest BCUT2D eigenvalue weighted by molar-refractivity contribution is 5.72. The molecule has 1 heterocycles. The summed E-state index contributed by atoms with van der Waals surface area (Å²) in [4.78, 5) is 15.9. The summed E-state index contributed by atoms with van der Waals surface area (Å²) in [6.45, 7) is 12.0. The van der Waals surface area contributed by atoms with Gasteiger partial charge in [0.1, 0.15) is 5.76 Å². The minimum absolute atomic E-state index is 0.0748. The summed E-state index contributed by atoms with van der Waals surface area (Å²) >= 11 is 0. The Morgan fingerprint density at radius 3 is 2.62 bits per heavy atom. The zero-order valence-electron chi connectivity index (χ0n) is 20.8. The third-order valence-corrected chi connectivity index (χ3v) is 10.1. The van der Waals surface area contributed by atoms with Gasteiger partial charge in [-0.2, -0.15) is 0 Å². The van der Waals surface area contributed by atoms with Gasteiger partial charge in [-0.15, -0.1) is 0 Å². The van der Waals surface area contributed by atoms with Crippen molar-refractivity contribution in [2.75, 3.05) is 0 Å². The minimum Gasteiger partial charge on any atom is -0.431 e. The highest BCUT2D eigenvalue weighted by Gasteiger charge is 2.60. The molecule has 2 saturated carbocycles. The van der Waals surface area contributed by atoms with E-state index in [1.807, 2.05) is 6.08 Å². The highest BCUT2D eigenvalue weighted by atomic mass is 16.5. The van der Waals surface area contributed by atoms with Crippen LogP contribution in [0.2, 0.25) is 0 Å². The average molecular weight is 442 g/mol. The predicted octanol–water partition coefficient (Wildman–Crippen LogP) is 7.82. The highest BCUT2D eigenvalue weighted by Crippen LogP contribution is 2.66. The summed E-state index contributed by atoms with van der Waals surface area (Å²) in [7, 11) is 0. The van der Waals surface area contributed by atoms with E-state index in [0.29, 0.717) is 29.6 Å². The van der Waals surface area contributed by atoms with Crippen LogP contribution in [0.25, 0.3) is 10.4 Å². The summed E-state index contributed by atoms with van der Waals surface area (Å²) in [6.07, 6.45) is 13.3. The molecule has 0 bridgehead atoms. The van der Waals surface area contributed by atoms with E-state index < -0.39 is 0 Å². The van der Waals surface area contributed by atoms with E-state index >= 15 is 0 Å². The molecule has 4 aliphatic rings. The topological polar surface area (TPSA) is 75.1 Å². The standard InChI is InChI=1S/C27H43N3O2/c1-17(2)7-6-8-18(3)21-9-10-22-20-16-25(31)32-24-15-19(29-30-28)11-13-27(24,5)23(20)12-14-26(21,22)4/h15,17-23H,6-14,16H2,1-5H3/t18?,19-,20+,21-,22+,23+,26-,27-/m1/s1. The number of carbonyl (C=O) groups excluding carboxylic acids is 1. The number of fused-ring (bicyclic) bond motifs is 5. The number of allylic oxidation sites excluding steroid dienone is 1. The van der Waals surface area contributed by atoms with Crippen LogP contribution in [0.15, 0.2) is 16.9 Å². The van der Waals surface area contributed by atoms with E-state index in [1.165, 1.54) is 44.9 Å². The normalized spacial score (nSPS) is 42.0. The molecule has 5 heteroatoms. The third kappa shape index (κ3) is 4.11. The number of hydrogen-bond acceptors (Lipinski definition) is 3. The molecule has 0 amide bonds. The van der Waals surface area contributed by atoms with Crippen LogP contribution < -0.4 is 0 Å². The predicted molar refractivity (Wildman–Crippen MR) is 127 cm³/mol. The number of esters is 1. The van der Waals surface area contributed by atoms with E-state index in [9.17, 15) is 4.79 Å². The van der Waals surface area contributed by atoms with Gasteiger partial charge >= 0.3 is 5.97 Å². The lowest BCUT2D eigenvalue weighted by Gasteiger charge is -2.54. The molecule has 0 aromatic rings. The number of hydrogen-bond donors (Lipinski definition) is 0. The molecule has 1 unspecified atom stereocenters. The van der Waals surface area contributed by atoms with Crippen LogP contribution in [0.4, 0.5) is 0 Å². The number of ether oxygens (including phenoxy) is 1. The van der Waals surface area contributed by atoms with Crippen LogP contribution in [-0.4, -0.2) is 12.0 Å². The first-order chi connectivity index (χ1) is 15.2. The lowest BCUT2D eigenvalue weighted by Crippen LogP contribution is -2.48. The molecule has 0 aromatic carbocycles. The van der Waals surface area contributed by atoms with Crippen LogP contribution in [-0.2, 0) is 9.53 Å². The molecule has 0 aromatic heterocycles. The third-order valence-electron chi connectivity index (χ3n) is 10.1. The molecule has 1 aliphatic heterocycles. The van der Waals surface area contributed by atoms with E-state index in [2.05, 4.69) is 44.6 Å². The van der Waals surface area contributed by atoms with E-state index in [-0.39, 0.29) is 17.4 Å². The van der Waals surface area contributed by atoms with Gasteiger partial charge in [0.15, 0.2) is 0 Å². The second kappa shape index (κ2) is 9.05. The van der Waals surface area contributed by atoms with Crippen LogP contribution in [0.5, 0.6) is 0 Å². The van der Waals surface area contributed by atoms with Crippen LogP contribution in [0.1, 0.15) is 98.8 Å². The summed E-state index contributed by atoms with van der Waals surface area (Å²) in [5.74, 6) is 4.58. The molecule has 0 radical (unpaired) electrons. The van der Waals surface area contributed by atoms with Gasteiger partial charge in [0, 0.05) is 16.7 Å². The summed E-state index contributed by atoms with van der Waals surface area (Å²) in [6, 6.07) is -0.191. The molecule has 178 valence electrons. The lowest BCUT2D eigenvalue weighted by molar-refractivity contribution is -0.141. The van der Waals surface area contributed by atoms with Gasteiger partial charge in [0.05, 0.1) is 6.04 Å². The molecule has 8 atom stereocenters. The maximum absolute atomic E-state index is 12.9. The zero-order chi connectivity index (χ0) is 23.1. The van der Waals surface area contributed by atoms with E-state index in [4.69, 9.17) is 10.3 Å².